The predicted molar refractivity (Wildman–Crippen MR) is 74.3 cm³/mol. The highest BCUT2D eigenvalue weighted by Crippen LogP contribution is 2.37. The SMILES string of the molecule is COc1cc(C)cc(C)c1-c1ccc(O)cc1C. The fraction of sp³-hybridized carbons (Fsp3) is 0.250. The minimum Gasteiger partial charge on any atom is -0.508 e. The minimum absolute atomic E-state index is 0.292. The summed E-state index contributed by atoms with van der Waals surface area (Å²) in [6, 6.07) is 9.60. The third-order valence-electron chi connectivity index (χ3n) is 3.14. The molecule has 0 aliphatic carbocycles. The van der Waals surface area contributed by atoms with Crippen LogP contribution in [0.1, 0.15) is 16.7 Å². The molecule has 0 spiro atoms. The van der Waals surface area contributed by atoms with Crippen LogP contribution < -0.4 is 4.74 Å². The molecule has 2 nitrogen and oxygen atoms in total. The third-order valence-corrected chi connectivity index (χ3v) is 3.14. The highest BCUT2D eigenvalue weighted by molar-refractivity contribution is 5.77. The van der Waals surface area contributed by atoms with Gasteiger partial charge in [0.1, 0.15) is 11.5 Å². The lowest BCUT2D eigenvalue weighted by Gasteiger charge is -2.15. The van der Waals surface area contributed by atoms with Crippen LogP contribution in [0.5, 0.6) is 11.5 Å². The molecule has 0 aromatic heterocycles. The summed E-state index contributed by atoms with van der Waals surface area (Å²) in [5, 5.41) is 9.49. The molecular weight excluding hydrogens is 224 g/mol. The molecule has 0 bridgehead atoms. The minimum atomic E-state index is 0.292. The Morgan fingerprint density at radius 1 is 0.944 bits per heavy atom. The molecule has 1 N–H and O–H groups in total. The monoisotopic (exact) mass is 242 g/mol. The van der Waals surface area contributed by atoms with Crippen LogP contribution in [0.25, 0.3) is 11.1 Å². The van der Waals surface area contributed by atoms with Gasteiger partial charge in [-0.1, -0.05) is 12.1 Å². The van der Waals surface area contributed by atoms with Crippen LogP contribution in [-0.4, -0.2) is 12.2 Å². The molecule has 2 rings (SSSR count). The molecule has 2 aromatic rings. The van der Waals surface area contributed by atoms with Crippen molar-refractivity contribution in [2.45, 2.75) is 20.8 Å². The second kappa shape index (κ2) is 4.73. The average molecular weight is 242 g/mol. The Balaban J connectivity index is 2.70. The van der Waals surface area contributed by atoms with Crippen molar-refractivity contribution in [3.63, 3.8) is 0 Å². The first kappa shape index (κ1) is 12.5. The van der Waals surface area contributed by atoms with E-state index in [4.69, 9.17) is 4.74 Å². The van der Waals surface area contributed by atoms with E-state index < -0.39 is 0 Å². The number of hydrogen-bond acceptors (Lipinski definition) is 2. The van der Waals surface area contributed by atoms with Gasteiger partial charge < -0.3 is 9.84 Å². The van der Waals surface area contributed by atoms with E-state index in [1.165, 1.54) is 11.1 Å². The normalized spacial score (nSPS) is 10.4. The molecule has 18 heavy (non-hydrogen) atoms. The zero-order chi connectivity index (χ0) is 13.3. The number of aryl methyl sites for hydroxylation is 3. The largest absolute Gasteiger partial charge is 0.508 e. The maximum Gasteiger partial charge on any atom is 0.127 e. The van der Waals surface area contributed by atoms with Gasteiger partial charge in [0.25, 0.3) is 0 Å². The molecule has 0 unspecified atom stereocenters. The van der Waals surface area contributed by atoms with E-state index in [2.05, 4.69) is 19.9 Å². The van der Waals surface area contributed by atoms with E-state index in [0.29, 0.717) is 5.75 Å². The lowest BCUT2D eigenvalue weighted by Crippen LogP contribution is -1.94. The lowest BCUT2D eigenvalue weighted by atomic mass is 9.94. The fourth-order valence-electron chi connectivity index (χ4n) is 2.36. The van der Waals surface area contributed by atoms with Gasteiger partial charge in [0, 0.05) is 5.56 Å². The summed E-state index contributed by atoms with van der Waals surface area (Å²) >= 11 is 0. The van der Waals surface area contributed by atoms with Crippen molar-refractivity contribution in [3.8, 4) is 22.6 Å². The summed E-state index contributed by atoms with van der Waals surface area (Å²) in [7, 11) is 1.69. The van der Waals surface area contributed by atoms with Gasteiger partial charge in [-0.15, -0.1) is 0 Å². The van der Waals surface area contributed by atoms with Gasteiger partial charge in [-0.25, -0.2) is 0 Å². The summed E-state index contributed by atoms with van der Waals surface area (Å²) in [4.78, 5) is 0. The first-order chi connectivity index (χ1) is 8.52. The van der Waals surface area contributed by atoms with Gasteiger partial charge in [0.15, 0.2) is 0 Å². The van der Waals surface area contributed by atoms with Gasteiger partial charge in [0.2, 0.25) is 0 Å². The van der Waals surface area contributed by atoms with Gasteiger partial charge in [-0.05, 0) is 61.2 Å². The first-order valence-corrected chi connectivity index (χ1v) is 5.98. The molecule has 0 amide bonds. The molecule has 0 aliphatic rings. The van der Waals surface area contributed by atoms with Gasteiger partial charge >= 0.3 is 0 Å². The van der Waals surface area contributed by atoms with Crippen LogP contribution in [0.2, 0.25) is 0 Å². The van der Waals surface area contributed by atoms with E-state index in [9.17, 15) is 5.11 Å². The molecule has 0 aliphatic heterocycles. The maximum atomic E-state index is 9.49. The number of methoxy groups -OCH3 is 1. The van der Waals surface area contributed by atoms with Crippen LogP contribution in [0.15, 0.2) is 30.3 Å². The molecule has 2 heteroatoms. The smallest absolute Gasteiger partial charge is 0.127 e. The van der Waals surface area contributed by atoms with Crippen molar-refractivity contribution in [3.05, 3.63) is 47.0 Å². The van der Waals surface area contributed by atoms with Gasteiger partial charge in [-0.2, -0.15) is 0 Å². The number of phenolic OH excluding ortho intramolecular Hbond substituents is 1. The second-order valence-corrected chi connectivity index (χ2v) is 4.66. The van der Waals surface area contributed by atoms with Crippen LogP contribution >= 0.6 is 0 Å². The lowest BCUT2D eigenvalue weighted by molar-refractivity contribution is 0.416. The summed E-state index contributed by atoms with van der Waals surface area (Å²) in [6.45, 7) is 6.13. The Morgan fingerprint density at radius 3 is 2.28 bits per heavy atom. The Kier molecular flexibility index (Phi) is 3.28. The van der Waals surface area contributed by atoms with Crippen molar-refractivity contribution in [1.29, 1.82) is 0 Å². The standard InChI is InChI=1S/C16H18O2/c1-10-7-12(3)16(15(8-10)18-4)14-6-5-13(17)9-11(14)2/h5-9,17H,1-4H3. The number of rotatable bonds is 2. The molecule has 0 radical (unpaired) electrons. The zero-order valence-electron chi connectivity index (χ0n) is 11.2. The quantitative estimate of drug-likeness (QED) is 0.862. The number of ether oxygens (including phenoxy) is 1. The van der Waals surface area contributed by atoms with Crippen molar-refractivity contribution in [1.82, 2.24) is 0 Å². The molecular formula is C16H18O2. The molecule has 2 aromatic carbocycles. The van der Waals surface area contributed by atoms with Crippen LogP contribution in [0.4, 0.5) is 0 Å². The highest BCUT2D eigenvalue weighted by Gasteiger charge is 2.12. The zero-order valence-corrected chi connectivity index (χ0v) is 11.2. The van der Waals surface area contributed by atoms with Crippen molar-refractivity contribution in [2.75, 3.05) is 7.11 Å². The number of phenols is 1. The van der Waals surface area contributed by atoms with Gasteiger partial charge in [0.05, 0.1) is 7.11 Å². The summed E-state index contributed by atoms with van der Waals surface area (Å²) in [5.41, 5.74) is 5.60. The first-order valence-electron chi connectivity index (χ1n) is 5.98. The Bertz CT molecular complexity index is 586. The Morgan fingerprint density at radius 2 is 1.67 bits per heavy atom. The summed E-state index contributed by atoms with van der Waals surface area (Å²) < 4.78 is 5.48. The van der Waals surface area contributed by atoms with Gasteiger partial charge in [-0.3, -0.25) is 0 Å². The van der Waals surface area contributed by atoms with Crippen LogP contribution in [0.3, 0.4) is 0 Å². The molecule has 94 valence electrons. The highest BCUT2D eigenvalue weighted by atomic mass is 16.5. The van der Waals surface area contributed by atoms with Crippen LogP contribution in [0, 0.1) is 20.8 Å². The Hall–Kier alpha value is -1.96. The number of benzene rings is 2. The van der Waals surface area contributed by atoms with E-state index in [1.54, 1.807) is 19.2 Å². The third kappa shape index (κ3) is 2.19. The summed E-state index contributed by atoms with van der Waals surface area (Å²) in [6.07, 6.45) is 0. The van der Waals surface area contributed by atoms with E-state index in [-0.39, 0.29) is 0 Å². The van der Waals surface area contributed by atoms with Crippen molar-refractivity contribution < 1.29 is 9.84 Å². The number of hydrogen-bond donors (Lipinski definition) is 1. The van der Waals surface area contributed by atoms with Crippen molar-refractivity contribution in [2.24, 2.45) is 0 Å². The van der Waals surface area contributed by atoms with Crippen LogP contribution in [-0.2, 0) is 0 Å². The average Bonchev–Trinajstić information content (AvgIpc) is 2.29. The Labute approximate surface area is 108 Å². The second-order valence-electron chi connectivity index (χ2n) is 4.66. The van der Waals surface area contributed by atoms with Crippen molar-refractivity contribution >= 4 is 0 Å². The number of aromatic hydroxyl groups is 1. The summed E-state index contributed by atoms with van der Waals surface area (Å²) in [5.74, 6) is 1.17. The molecule has 0 saturated heterocycles. The molecule has 0 saturated carbocycles. The molecule has 0 fully saturated rings. The predicted octanol–water partition coefficient (Wildman–Crippen LogP) is 3.99. The van der Waals surface area contributed by atoms with E-state index in [1.807, 2.05) is 19.1 Å². The topological polar surface area (TPSA) is 29.5 Å². The molecule has 0 heterocycles. The van der Waals surface area contributed by atoms with E-state index >= 15 is 0 Å². The molecule has 0 atom stereocenters. The van der Waals surface area contributed by atoms with E-state index in [0.717, 1.165) is 22.4 Å². The maximum absolute atomic E-state index is 9.49. The fourth-order valence-corrected chi connectivity index (χ4v) is 2.36.